The summed E-state index contributed by atoms with van der Waals surface area (Å²) in [6.45, 7) is 1.92. The van der Waals surface area contributed by atoms with Gasteiger partial charge >= 0.3 is 0 Å². The molecule has 0 fully saturated rings. The van der Waals surface area contributed by atoms with E-state index in [1.54, 1.807) is 7.11 Å². The second-order valence-electron chi connectivity index (χ2n) is 5.26. The third-order valence-electron chi connectivity index (χ3n) is 3.80. The number of ether oxygens (including phenoxy) is 1. The highest BCUT2D eigenvalue weighted by atomic mass is 16.5. The Morgan fingerprint density at radius 3 is 2.18 bits per heavy atom. The molecule has 0 spiro atoms. The highest BCUT2D eigenvalue weighted by molar-refractivity contribution is 5.81. The topological polar surface area (TPSA) is 29.5 Å². The van der Waals surface area contributed by atoms with Crippen LogP contribution in [-0.4, -0.2) is 12.2 Å². The molecule has 2 nitrogen and oxygen atoms in total. The number of phenolic OH excluding ortho intramolecular Hbond substituents is 1. The van der Waals surface area contributed by atoms with Crippen LogP contribution in [0.3, 0.4) is 0 Å². The van der Waals surface area contributed by atoms with E-state index >= 15 is 0 Å². The zero-order valence-electron chi connectivity index (χ0n) is 12.7. The summed E-state index contributed by atoms with van der Waals surface area (Å²) in [5, 5.41) is 10.4. The molecule has 3 aromatic rings. The normalized spacial score (nSPS) is 10.5. The number of hydrogen-bond donors (Lipinski definition) is 1. The third-order valence-corrected chi connectivity index (χ3v) is 3.80. The lowest BCUT2D eigenvalue weighted by molar-refractivity contribution is 0.416. The minimum absolute atomic E-state index is 0.324. The molecule has 3 aromatic carbocycles. The molecular weight excluding hydrogens is 272 g/mol. The molecule has 0 aliphatic rings. The summed E-state index contributed by atoms with van der Waals surface area (Å²) in [4.78, 5) is 0. The van der Waals surface area contributed by atoms with E-state index in [-0.39, 0.29) is 0 Å². The molecule has 0 aliphatic carbocycles. The number of aryl methyl sites for hydroxylation is 1. The van der Waals surface area contributed by atoms with Gasteiger partial charge in [0.1, 0.15) is 11.5 Å². The Balaban J connectivity index is 2.21. The second-order valence-corrected chi connectivity index (χ2v) is 5.26. The van der Waals surface area contributed by atoms with E-state index in [0.29, 0.717) is 5.75 Å². The van der Waals surface area contributed by atoms with Gasteiger partial charge in [0.25, 0.3) is 0 Å². The van der Waals surface area contributed by atoms with Gasteiger partial charge in [0.05, 0.1) is 7.11 Å². The van der Waals surface area contributed by atoms with E-state index < -0.39 is 0 Å². The molecule has 22 heavy (non-hydrogen) atoms. The number of aromatic hydroxyl groups is 1. The maximum Gasteiger partial charge on any atom is 0.126 e. The number of methoxy groups -OCH3 is 1. The first kappa shape index (κ1) is 14.2. The van der Waals surface area contributed by atoms with Crippen LogP contribution in [-0.2, 0) is 0 Å². The first-order valence-electron chi connectivity index (χ1n) is 7.23. The van der Waals surface area contributed by atoms with E-state index in [2.05, 4.69) is 0 Å². The fourth-order valence-electron chi connectivity index (χ4n) is 2.66. The summed E-state index contributed by atoms with van der Waals surface area (Å²) in [5.41, 5.74) is 4.74. The summed E-state index contributed by atoms with van der Waals surface area (Å²) < 4.78 is 5.45. The molecule has 0 radical (unpaired) electrons. The SMILES string of the molecule is COc1ccccc1-c1cc(C)c(O)c(-c2ccccc2)c1. The zero-order valence-corrected chi connectivity index (χ0v) is 12.7. The summed E-state index contributed by atoms with van der Waals surface area (Å²) in [6.07, 6.45) is 0. The van der Waals surface area contributed by atoms with Gasteiger partial charge in [0.2, 0.25) is 0 Å². The smallest absolute Gasteiger partial charge is 0.126 e. The second kappa shape index (κ2) is 5.94. The Morgan fingerprint density at radius 2 is 1.45 bits per heavy atom. The van der Waals surface area contributed by atoms with Crippen LogP contribution in [0.5, 0.6) is 11.5 Å². The van der Waals surface area contributed by atoms with E-state index in [0.717, 1.165) is 33.6 Å². The van der Waals surface area contributed by atoms with Crippen molar-refractivity contribution in [2.45, 2.75) is 6.92 Å². The summed E-state index contributed by atoms with van der Waals surface area (Å²) >= 11 is 0. The first-order valence-corrected chi connectivity index (χ1v) is 7.23. The van der Waals surface area contributed by atoms with Crippen LogP contribution in [0.1, 0.15) is 5.56 Å². The lowest BCUT2D eigenvalue weighted by atomic mass is 9.95. The monoisotopic (exact) mass is 290 g/mol. The number of benzene rings is 3. The number of phenols is 1. The maximum absolute atomic E-state index is 10.4. The van der Waals surface area contributed by atoms with E-state index in [9.17, 15) is 5.11 Å². The van der Waals surface area contributed by atoms with Crippen LogP contribution in [0.15, 0.2) is 66.7 Å². The van der Waals surface area contributed by atoms with Crippen LogP contribution >= 0.6 is 0 Å². The Hall–Kier alpha value is -2.74. The minimum atomic E-state index is 0.324. The molecule has 110 valence electrons. The third kappa shape index (κ3) is 2.56. The highest BCUT2D eigenvalue weighted by Gasteiger charge is 2.12. The molecule has 1 N–H and O–H groups in total. The van der Waals surface area contributed by atoms with E-state index in [4.69, 9.17) is 4.74 Å². The van der Waals surface area contributed by atoms with Gasteiger partial charge < -0.3 is 9.84 Å². The number of para-hydroxylation sites is 1. The van der Waals surface area contributed by atoms with Gasteiger partial charge in [-0.05, 0) is 41.8 Å². The van der Waals surface area contributed by atoms with Crippen molar-refractivity contribution >= 4 is 0 Å². The molecule has 2 heteroatoms. The van der Waals surface area contributed by atoms with Crippen LogP contribution in [0.25, 0.3) is 22.3 Å². The van der Waals surface area contributed by atoms with Crippen molar-refractivity contribution in [3.05, 3.63) is 72.3 Å². The quantitative estimate of drug-likeness (QED) is 0.732. The Labute approximate surface area is 130 Å². The zero-order chi connectivity index (χ0) is 15.5. The van der Waals surface area contributed by atoms with Gasteiger partial charge in [-0.2, -0.15) is 0 Å². The van der Waals surface area contributed by atoms with E-state index in [1.165, 1.54) is 0 Å². The van der Waals surface area contributed by atoms with Crippen molar-refractivity contribution in [2.75, 3.05) is 7.11 Å². The van der Waals surface area contributed by atoms with Gasteiger partial charge in [-0.15, -0.1) is 0 Å². The minimum Gasteiger partial charge on any atom is -0.507 e. The average Bonchev–Trinajstić information content (AvgIpc) is 2.58. The molecule has 0 aliphatic heterocycles. The molecule has 0 bridgehead atoms. The lowest BCUT2D eigenvalue weighted by Crippen LogP contribution is -1.90. The van der Waals surface area contributed by atoms with Gasteiger partial charge in [-0.25, -0.2) is 0 Å². The Kier molecular flexibility index (Phi) is 3.84. The molecule has 0 aromatic heterocycles. The van der Waals surface area contributed by atoms with Crippen molar-refractivity contribution in [3.8, 4) is 33.8 Å². The Morgan fingerprint density at radius 1 is 0.773 bits per heavy atom. The molecule has 0 atom stereocenters. The first-order chi connectivity index (χ1) is 10.7. The van der Waals surface area contributed by atoms with Gasteiger partial charge in [-0.3, -0.25) is 0 Å². The predicted molar refractivity (Wildman–Crippen MR) is 90.3 cm³/mol. The summed E-state index contributed by atoms with van der Waals surface area (Å²) in [7, 11) is 1.67. The van der Waals surface area contributed by atoms with Crippen LogP contribution in [0.2, 0.25) is 0 Å². The van der Waals surface area contributed by atoms with Gasteiger partial charge in [0.15, 0.2) is 0 Å². The highest BCUT2D eigenvalue weighted by Crippen LogP contribution is 2.38. The molecule has 3 rings (SSSR count). The standard InChI is InChI=1S/C20H18O2/c1-14-12-16(17-10-6-7-11-19(17)22-2)13-18(20(14)21)15-8-4-3-5-9-15/h3-13,21H,1-2H3. The molecular formula is C20H18O2. The maximum atomic E-state index is 10.4. The molecule has 0 saturated heterocycles. The van der Waals surface area contributed by atoms with Gasteiger partial charge in [-0.1, -0.05) is 48.5 Å². The van der Waals surface area contributed by atoms with Crippen molar-refractivity contribution in [1.29, 1.82) is 0 Å². The van der Waals surface area contributed by atoms with Crippen LogP contribution in [0.4, 0.5) is 0 Å². The van der Waals surface area contributed by atoms with Gasteiger partial charge in [0, 0.05) is 11.1 Å². The fraction of sp³-hybridized carbons (Fsp3) is 0.100. The van der Waals surface area contributed by atoms with Crippen molar-refractivity contribution < 1.29 is 9.84 Å². The van der Waals surface area contributed by atoms with Crippen molar-refractivity contribution in [1.82, 2.24) is 0 Å². The Bertz CT molecular complexity index is 792. The van der Waals surface area contributed by atoms with E-state index in [1.807, 2.05) is 73.7 Å². The molecule has 0 unspecified atom stereocenters. The number of hydrogen-bond acceptors (Lipinski definition) is 2. The van der Waals surface area contributed by atoms with Crippen molar-refractivity contribution in [3.63, 3.8) is 0 Å². The number of rotatable bonds is 3. The largest absolute Gasteiger partial charge is 0.507 e. The van der Waals surface area contributed by atoms with Crippen molar-refractivity contribution in [2.24, 2.45) is 0 Å². The average molecular weight is 290 g/mol. The predicted octanol–water partition coefficient (Wildman–Crippen LogP) is 5.04. The van der Waals surface area contributed by atoms with Crippen LogP contribution < -0.4 is 4.74 Å². The summed E-state index contributed by atoms with van der Waals surface area (Å²) in [5.74, 6) is 1.15. The molecule has 0 amide bonds. The van der Waals surface area contributed by atoms with Crippen LogP contribution in [0, 0.1) is 6.92 Å². The lowest BCUT2D eigenvalue weighted by Gasteiger charge is -2.13. The molecule has 0 heterocycles. The summed E-state index contributed by atoms with van der Waals surface area (Å²) in [6, 6.07) is 21.8. The fourth-order valence-corrected chi connectivity index (χ4v) is 2.66. The molecule has 0 saturated carbocycles.